The number of rotatable bonds is 4. The number of nitrogens with two attached hydrogens (primary N) is 1. The molecule has 2 aromatic carbocycles. The van der Waals surface area contributed by atoms with Gasteiger partial charge < -0.3 is 10.5 Å². The minimum absolute atomic E-state index is 0.109. The van der Waals surface area contributed by atoms with Crippen LogP contribution in [0.15, 0.2) is 47.4 Å². The monoisotopic (exact) mass is 292 g/mol. The molecule has 0 saturated heterocycles. The number of nitrogen functional groups attached to an aromatic ring is 1. The Morgan fingerprint density at radius 1 is 1.16 bits per heavy atom. The number of nitrogens with one attached hydrogen (secondary N) is 1. The van der Waals surface area contributed by atoms with Gasteiger partial charge in [-0.2, -0.15) is 0 Å². The third kappa shape index (κ3) is 3.03. The van der Waals surface area contributed by atoms with E-state index in [1.54, 1.807) is 30.0 Å². The molecular formula is C14H13ClN2OS. The van der Waals surface area contributed by atoms with E-state index in [-0.39, 0.29) is 5.84 Å². The Kier molecular flexibility index (Phi) is 4.35. The van der Waals surface area contributed by atoms with E-state index in [4.69, 9.17) is 27.5 Å². The molecule has 3 N–H and O–H groups in total. The number of hydrogen-bond donors (Lipinski definition) is 2. The molecule has 3 nitrogen and oxygen atoms in total. The molecule has 0 aromatic heterocycles. The molecule has 0 heterocycles. The zero-order valence-corrected chi connectivity index (χ0v) is 11.9. The summed E-state index contributed by atoms with van der Waals surface area (Å²) in [5.41, 5.74) is 5.97. The standard InChI is InChI=1S/C14H13ClN2OS/c1-19-12-8-3-2-6-10(12)18-11-7-4-5-9(15)13(11)14(16)17/h2-8H,1H3,(H3,16,17). The van der Waals surface area contributed by atoms with Crippen molar-refractivity contribution in [3.63, 3.8) is 0 Å². The van der Waals surface area contributed by atoms with Gasteiger partial charge in [-0.3, -0.25) is 5.41 Å². The minimum atomic E-state index is -0.109. The van der Waals surface area contributed by atoms with Crippen LogP contribution in [-0.4, -0.2) is 12.1 Å². The average molecular weight is 293 g/mol. The number of ether oxygens (including phenoxy) is 1. The molecule has 5 heteroatoms. The van der Waals surface area contributed by atoms with Gasteiger partial charge in [0.2, 0.25) is 0 Å². The first-order valence-corrected chi connectivity index (χ1v) is 7.17. The number of thioether (sulfide) groups is 1. The van der Waals surface area contributed by atoms with E-state index in [1.807, 2.05) is 30.5 Å². The third-order valence-corrected chi connectivity index (χ3v) is 3.63. The molecule has 19 heavy (non-hydrogen) atoms. The molecule has 0 fully saturated rings. The smallest absolute Gasteiger partial charge is 0.141 e. The maximum absolute atomic E-state index is 7.59. The van der Waals surface area contributed by atoms with Crippen LogP contribution >= 0.6 is 23.4 Å². The lowest BCUT2D eigenvalue weighted by atomic mass is 10.2. The Morgan fingerprint density at radius 3 is 2.53 bits per heavy atom. The lowest BCUT2D eigenvalue weighted by Gasteiger charge is -2.13. The van der Waals surface area contributed by atoms with Crippen molar-refractivity contribution >= 4 is 29.2 Å². The highest BCUT2D eigenvalue weighted by Crippen LogP contribution is 2.34. The summed E-state index contributed by atoms with van der Waals surface area (Å²) < 4.78 is 5.85. The van der Waals surface area contributed by atoms with Crippen molar-refractivity contribution in [2.45, 2.75) is 4.90 Å². The van der Waals surface area contributed by atoms with Crippen LogP contribution in [0.2, 0.25) is 5.02 Å². The first kappa shape index (κ1) is 13.8. The van der Waals surface area contributed by atoms with Crippen molar-refractivity contribution < 1.29 is 4.74 Å². The van der Waals surface area contributed by atoms with Gasteiger partial charge in [0.1, 0.15) is 17.3 Å². The molecular weight excluding hydrogens is 280 g/mol. The topological polar surface area (TPSA) is 59.1 Å². The number of para-hydroxylation sites is 1. The molecule has 0 amide bonds. The Labute approximate surface area is 121 Å². The molecule has 0 saturated carbocycles. The molecule has 0 aliphatic carbocycles. The van der Waals surface area contributed by atoms with E-state index in [0.29, 0.717) is 16.3 Å². The first-order valence-electron chi connectivity index (χ1n) is 5.57. The van der Waals surface area contributed by atoms with Crippen LogP contribution in [0, 0.1) is 5.41 Å². The van der Waals surface area contributed by atoms with Crippen molar-refractivity contribution in [1.82, 2.24) is 0 Å². The summed E-state index contributed by atoms with van der Waals surface area (Å²) in [6.07, 6.45) is 1.98. The Balaban J connectivity index is 2.44. The van der Waals surface area contributed by atoms with Gasteiger partial charge in [0.05, 0.1) is 10.6 Å². The maximum atomic E-state index is 7.59. The highest BCUT2D eigenvalue weighted by Gasteiger charge is 2.13. The van der Waals surface area contributed by atoms with E-state index in [9.17, 15) is 0 Å². The summed E-state index contributed by atoms with van der Waals surface area (Å²) in [7, 11) is 0. The quantitative estimate of drug-likeness (QED) is 0.506. The third-order valence-electron chi connectivity index (χ3n) is 2.53. The van der Waals surface area contributed by atoms with E-state index in [0.717, 1.165) is 10.6 Å². The van der Waals surface area contributed by atoms with Crippen LogP contribution in [-0.2, 0) is 0 Å². The average Bonchev–Trinajstić information content (AvgIpc) is 2.39. The molecule has 0 radical (unpaired) electrons. The van der Waals surface area contributed by atoms with Gasteiger partial charge in [0.25, 0.3) is 0 Å². The fraction of sp³-hybridized carbons (Fsp3) is 0.0714. The molecule has 0 aliphatic rings. The van der Waals surface area contributed by atoms with Gasteiger partial charge in [0, 0.05) is 4.90 Å². The fourth-order valence-corrected chi connectivity index (χ4v) is 2.47. The molecule has 0 aliphatic heterocycles. The molecule has 98 valence electrons. The Morgan fingerprint density at radius 2 is 1.84 bits per heavy atom. The van der Waals surface area contributed by atoms with Crippen LogP contribution in [0.3, 0.4) is 0 Å². The van der Waals surface area contributed by atoms with Crippen LogP contribution in [0.5, 0.6) is 11.5 Å². The van der Waals surface area contributed by atoms with Gasteiger partial charge in [-0.25, -0.2) is 0 Å². The van der Waals surface area contributed by atoms with Gasteiger partial charge >= 0.3 is 0 Å². The zero-order valence-electron chi connectivity index (χ0n) is 10.3. The molecule has 0 atom stereocenters. The van der Waals surface area contributed by atoms with Crippen molar-refractivity contribution in [3.8, 4) is 11.5 Å². The summed E-state index contributed by atoms with van der Waals surface area (Å²) in [6.45, 7) is 0. The SMILES string of the molecule is CSc1ccccc1Oc1cccc(Cl)c1C(=N)N. The second-order valence-electron chi connectivity index (χ2n) is 3.78. The number of benzene rings is 2. The molecule has 2 rings (SSSR count). The van der Waals surface area contributed by atoms with Crippen LogP contribution < -0.4 is 10.5 Å². The highest BCUT2D eigenvalue weighted by atomic mass is 35.5. The van der Waals surface area contributed by atoms with E-state index in [2.05, 4.69) is 0 Å². The predicted octanol–water partition coefficient (Wildman–Crippen LogP) is 4.14. The van der Waals surface area contributed by atoms with Crippen LogP contribution in [0.4, 0.5) is 0 Å². The van der Waals surface area contributed by atoms with Crippen molar-refractivity contribution in [2.24, 2.45) is 5.73 Å². The summed E-state index contributed by atoms with van der Waals surface area (Å²) in [5, 5.41) is 8.00. The normalized spacial score (nSPS) is 10.2. The molecule has 0 spiro atoms. The summed E-state index contributed by atoms with van der Waals surface area (Å²) in [5.74, 6) is 1.10. The van der Waals surface area contributed by atoms with Gasteiger partial charge in [-0.1, -0.05) is 29.8 Å². The number of hydrogen-bond acceptors (Lipinski definition) is 3. The number of amidine groups is 1. The minimum Gasteiger partial charge on any atom is -0.455 e. The summed E-state index contributed by atoms with van der Waals surface area (Å²) in [6, 6.07) is 12.9. The lowest BCUT2D eigenvalue weighted by molar-refractivity contribution is 0.470. The van der Waals surface area contributed by atoms with Crippen molar-refractivity contribution in [2.75, 3.05) is 6.26 Å². The molecule has 0 unspecified atom stereocenters. The Bertz CT molecular complexity index is 616. The van der Waals surface area contributed by atoms with Crippen molar-refractivity contribution in [3.05, 3.63) is 53.1 Å². The zero-order chi connectivity index (χ0) is 13.8. The molecule has 0 bridgehead atoms. The van der Waals surface area contributed by atoms with Crippen LogP contribution in [0.25, 0.3) is 0 Å². The number of halogens is 1. The fourth-order valence-electron chi connectivity index (χ4n) is 1.67. The first-order chi connectivity index (χ1) is 9.13. The van der Waals surface area contributed by atoms with Gasteiger partial charge in [0.15, 0.2) is 0 Å². The van der Waals surface area contributed by atoms with Crippen LogP contribution in [0.1, 0.15) is 5.56 Å². The lowest BCUT2D eigenvalue weighted by Crippen LogP contribution is -2.13. The van der Waals surface area contributed by atoms with E-state index < -0.39 is 0 Å². The predicted molar refractivity (Wildman–Crippen MR) is 80.8 cm³/mol. The van der Waals surface area contributed by atoms with Crippen molar-refractivity contribution in [1.29, 1.82) is 5.41 Å². The van der Waals surface area contributed by atoms with E-state index >= 15 is 0 Å². The summed E-state index contributed by atoms with van der Waals surface area (Å²) in [4.78, 5) is 1.01. The largest absolute Gasteiger partial charge is 0.455 e. The molecule has 2 aromatic rings. The van der Waals surface area contributed by atoms with Gasteiger partial charge in [-0.15, -0.1) is 11.8 Å². The second-order valence-corrected chi connectivity index (χ2v) is 5.03. The Hall–Kier alpha value is -1.65. The van der Waals surface area contributed by atoms with E-state index in [1.165, 1.54) is 0 Å². The van der Waals surface area contributed by atoms with Gasteiger partial charge in [-0.05, 0) is 30.5 Å². The summed E-state index contributed by atoms with van der Waals surface area (Å²) >= 11 is 7.65. The maximum Gasteiger partial charge on any atom is 0.141 e. The second kappa shape index (κ2) is 5.99. The highest BCUT2D eigenvalue weighted by molar-refractivity contribution is 7.98.